The van der Waals surface area contributed by atoms with Crippen LogP contribution >= 0.6 is 0 Å². The first-order chi connectivity index (χ1) is 5.43. The van der Waals surface area contributed by atoms with Crippen LogP contribution in [0.3, 0.4) is 0 Å². The van der Waals surface area contributed by atoms with E-state index in [9.17, 15) is 0 Å². The fourth-order valence-electron chi connectivity index (χ4n) is 1.11. The van der Waals surface area contributed by atoms with Crippen LogP contribution in [-0.2, 0) is 9.47 Å². The molecule has 1 aliphatic rings. The van der Waals surface area contributed by atoms with Crippen molar-refractivity contribution in [3.63, 3.8) is 0 Å². The molecule has 0 aromatic heterocycles. The van der Waals surface area contributed by atoms with Crippen molar-refractivity contribution in [3.05, 3.63) is 0 Å². The maximum Gasteiger partial charge on any atom is 0.0588 e. The lowest BCUT2D eigenvalue weighted by molar-refractivity contribution is -0.0389. The first-order valence-electron chi connectivity index (χ1n) is 4.29. The summed E-state index contributed by atoms with van der Waals surface area (Å²) in [6.45, 7) is 4.09. The molecule has 0 radical (unpaired) electrons. The second-order valence-corrected chi connectivity index (χ2v) is 2.95. The summed E-state index contributed by atoms with van der Waals surface area (Å²) < 4.78 is 10.3. The van der Waals surface area contributed by atoms with Gasteiger partial charge < -0.3 is 15.2 Å². The topological polar surface area (TPSA) is 44.5 Å². The minimum Gasteiger partial charge on any atom is -0.381 e. The second kappa shape index (κ2) is 5.52. The largest absolute Gasteiger partial charge is 0.381 e. The molecule has 0 bridgehead atoms. The molecule has 0 aliphatic carbocycles. The van der Waals surface area contributed by atoms with E-state index in [1.165, 1.54) is 6.42 Å². The fraction of sp³-hybridized carbons (Fsp3) is 1.00. The zero-order valence-electron chi connectivity index (χ0n) is 6.92. The summed E-state index contributed by atoms with van der Waals surface area (Å²) >= 11 is 0. The van der Waals surface area contributed by atoms with Gasteiger partial charge in [-0.1, -0.05) is 0 Å². The van der Waals surface area contributed by atoms with Crippen LogP contribution < -0.4 is 5.73 Å². The molecule has 1 heterocycles. The summed E-state index contributed by atoms with van der Waals surface area (Å²) in [5.74, 6) is 0.802. The molecule has 0 amide bonds. The number of ether oxygens (including phenoxy) is 2. The first kappa shape index (κ1) is 8.97. The summed E-state index contributed by atoms with van der Waals surface area (Å²) in [5, 5.41) is 0. The van der Waals surface area contributed by atoms with Crippen LogP contribution in [0.15, 0.2) is 0 Å². The average Bonchev–Trinajstić information content (AvgIpc) is 1.93. The number of hydrogen-bond acceptors (Lipinski definition) is 3. The SMILES string of the molecule is NCCOCCCC1COC1. The molecule has 0 unspecified atom stereocenters. The average molecular weight is 159 g/mol. The Balaban J connectivity index is 1.73. The second-order valence-electron chi connectivity index (χ2n) is 2.95. The van der Waals surface area contributed by atoms with Gasteiger partial charge in [0.15, 0.2) is 0 Å². The Hall–Kier alpha value is -0.120. The Bertz CT molecular complexity index is 94.1. The molecular weight excluding hydrogens is 142 g/mol. The van der Waals surface area contributed by atoms with E-state index >= 15 is 0 Å². The van der Waals surface area contributed by atoms with Gasteiger partial charge in [-0.05, 0) is 12.8 Å². The van der Waals surface area contributed by atoms with Gasteiger partial charge >= 0.3 is 0 Å². The molecule has 66 valence electrons. The van der Waals surface area contributed by atoms with E-state index in [2.05, 4.69) is 0 Å². The molecule has 1 fully saturated rings. The van der Waals surface area contributed by atoms with Crippen molar-refractivity contribution < 1.29 is 9.47 Å². The Morgan fingerprint density at radius 1 is 1.36 bits per heavy atom. The van der Waals surface area contributed by atoms with Gasteiger partial charge in [-0.3, -0.25) is 0 Å². The fourth-order valence-corrected chi connectivity index (χ4v) is 1.11. The molecule has 0 aromatic carbocycles. The maximum absolute atomic E-state index is 5.26. The molecule has 3 nitrogen and oxygen atoms in total. The molecule has 1 aliphatic heterocycles. The van der Waals surface area contributed by atoms with Crippen LogP contribution in [0.4, 0.5) is 0 Å². The molecule has 0 aromatic rings. The third kappa shape index (κ3) is 3.70. The van der Waals surface area contributed by atoms with Crippen molar-refractivity contribution >= 4 is 0 Å². The van der Waals surface area contributed by atoms with E-state index in [0.717, 1.165) is 32.2 Å². The minimum atomic E-state index is 0.631. The lowest BCUT2D eigenvalue weighted by Gasteiger charge is -2.25. The normalized spacial score (nSPS) is 18.3. The van der Waals surface area contributed by atoms with E-state index in [0.29, 0.717) is 13.2 Å². The summed E-state index contributed by atoms with van der Waals surface area (Å²) in [7, 11) is 0. The van der Waals surface area contributed by atoms with Gasteiger partial charge in [0.2, 0.25) is 0 Å². The maximum atomic E-state index is 5.26. The third-order valence-electron chi connectivity index (χ3n) is 1.87. The van der Waals surface area contributed by atoms with Crippen LogP contribution in [0.2, 0.25) is 0 Å². The van der Waals surface area contributed by atoms with E-state index < -0.39 is 0 Å². The third-order valence-corrected chi connectivity index (χ3v) is 1.87. The van der Waals surface area contributed by atoms with Gasteiger partial charge in [0.1, 0.15) is 0 Å². The zero-order valence-corrected chi connectivity index (χ0v) is 6.92. The Morgan fingerprint density at radius 3 is 2.73 bits per heavy atom. The Morgan fingerprint density at radius 2 is 2.18 bits per heavy atom. The quantitative estimate of drug-likeness (QED) is 0.570. The van der Waals surface area contributed by atoms with Crippen LogP contribution in [0.5, 0.6) is 0 Å². The lowest BCUT2D eigenvalue weighted by atomic mass is 10.0. The monoisotopic (exact) mass is 159 g/mol. The highest BCUT2D eigenvalue weighted by Gasteiger charge is 2.16. The highest BCUT2D eigenvalue weighted by molar-refractivity contribution is 4.64. The lowest BCUT2D eigenvalue weighted by Crippen LogP contribution is -2.27. The minimum absolute atomic E-state index is 0.631. The van der Waals surface area contributed by atoms with Crippen LogP contribution in [0.25, 0.3) is 0 Å². The zero-order chi connectivity index (χ0) is 7.94. The number of nitrogens with two attached hydrogens (primary N) is 1. The van der Waals surface area contributed by atoms with E-state index in [1.54, 1.807) is 0 Å². The van der Waals surface area contributed by atoms with Gasteiger partial charge in [-0.25, -0.2) is 0 Å². The summed E-state index contributed by atoms with van der Waals surface area (Å²) in [6.07, 6.45) is 2.39. The van der Waals surface area contributed by atoms with E-state index in [-0.39, 0.29) is 0 Å². The van der Waals surface area contributed by atoms with Gasteiger partial charge in [-0.2, -0.15) is 0 Å². The van der Waals surface area contributed by atoms with Crippen molar-refractivity contribution in [1.29, 1.82) is 0 Å². The standard InChI is InChI=1S/C8H17NO2/c9-3-5-10-4-1-2-8-6-11-7-8/h8H,1-7,9H2. The van der Waals surface area contributed by atoms with Crippen LogP contribution in [0.1, 0.15) is 12.8 Å². The molecule has 2 N–H and O–H groups in total. The molecule has 0 saturated carbocycles. The predicted octanol–water partition coefficient (Wildman–Crippen LogP) is 0.388. The molecule has 0 spiro atoms. The van der Waals surface area contributed by atoms with Gasteiger partial charge in [-0.15, -0.1) is 0 Å². The van der Waals surface area contributed by atoms with Gasteiger partial charge in [0, 0.05) is 19.1 Å². The molecule has 1 saturated heterocycles. The molecular formula is C8H17NO2. The summed E-state index contributed by atoms with van der Waals surface area (Å²) in [5.41, 5.74) is 5.26. The van der Waals surface area contributed by atoms with Crippen LogP contribution in [0, 0.1) is 5.92 Å². The van der Waals surface area contributed by atoms with Crippen molar-refractivity contribution in [2.45, 2.75) is 12.8 Å². The van der Waals surface area contributed by atoms with Crippen molar-refractivity contribution in [1.82, 2.24) is 0 Å². The number of hydrogen-bond donors (Lipinski definition) is 1. The predicted molar refractivity (Wildman–Crippen MR) is 43.4 cm³/mol. The highest BCUT2D eigenvalue weighted by Crippen LogP contribution is 2.15. The van der Waals surface area contributed by atoms with Crippen molar-refractivity contribution in [2.75, 3.05) is 33.0 Å². The van der Waals surface area contributed by atoms with Crippen LogP contribution in [-0.4, -0.2) is 33.0 Å². The highest BCUT2D eigenvalue weighted by atomic mass is 16.5. The Labute approximate surface area is 67.9 Å². The summed E-state index contributed by atoms with van der Waals surface area (Å²) in [6, 6.07) is 0. The first-order valence-corrected chi connectivity index (χ1v) is 4.29. The number of rotatable bonds is 6. The summed E-state index contributed by atoms with van der Waals surface area (Å²) in [4.78, 5) is 0. The molecule has 3 heteroatoms. The molecule has 11 heavy (non-hydrogen) atoms. The molecule has 1 rings (SSSR count). The van der Waals surface area contributed by atoms with Gasteiger partial charge in [0.05, 0.1) is 19.8 Å². The molecule has 0 atom stereocenters. The van der Waals surface area contributed by atoms with E-state index in [1.807, 2.05) is 0 Å². The smallest absolute Gasteiger partial charge is 0.0588 e. The van der Waals surface area contributed by atoms with Crippen molar-refractivity contribution in [2.24, 2.45) is 11.7 Å². The Kier molecular flexibility index (Phi) is 4.50. The van der Waals surface area contributed by atoms with Crippen molar-refractivity contribution in [3.8, 4) is 0 Å². The van der Waals surface area contributed by atoms with Gasteiger partial charge in [0.25, 0.3) is 0 Å². The van der Waals surface area contributed by atoms with E-state index in [4.69, 9.17) is 15.2 Å².